The topological polar surface area (TPSA) is 38.7 Å². The molecule has 0 aliphatic carbocycles. The molecular formula is C17H17N3. The Kier molecular flexibility index (Phi) is 3.42. The smallest absolute Gasteiger partial charge is 0.163 e. The number of hydrogen-bond acceptors (Lipinski definition) is 3. The molecule has 0 spiro atoms. The first-order valence-corrected chi connectivity index (χ1v) is 7.03. The molecule has 0 bridgehead atoms. The normalized spacial score (nSPS) is 10.9. The zero-order chi connectivity index (χ0) is 13.9. The van der Waals surface area contributed by atoms with Crippen LogP contribution in [0, 0.1) is 0 Å². The average Bonchev–Trinajstić information content (AvgIpc) is 2.53. The second kappa shape index (κ2) is 5.37. The summed E-state index contributed by atoms with van der Waals surface area (Å²) in [6.45, 7) is 4.14. The van der Waals surface area contributed by atoms with E-state index >= 15 is 0 Å². The molecule has 0 aliphatic rings. The summed E-state index contributed by atoms with van der Waals surface area (Å²) in [5.41, 5.74) is 1.08. The largest absolute Gasteiger partial charge is 0.218 e. The van der Waals surface area contributed by atoms with Crippen LogP contribution in [0.5, 0.6) is 0 Å². The lowest BCUT2D eigenvalue weighted by Crippen LogP contribution is -2.04. The van der Waals surface area contributed by atoms with E-state index in [-0.39, 0.29) is 0 Å². The molecule has 1 heterocycles. The van der Waals surface area contributed by atoms with Crippen molar-refractivity contribution in [2.24, 2.45) is 0 Å². The molecular weight excluding hydrogens is 246 g/mol. The third kappa shape index (κ3) is 2.27. The summed E-state index contributed by atoms with van der Waals surface area (Å²) in [5, 5.41) is 2.40. The van der Waals surface area contributed by atoms with Crippen LogP contribution >= 0.6 is 0 Å². The van der Waals surface area contributed by atoms with E-state index in [0.29, 0.717) is 0 Å². The molecule has 3 heteroatoms. The van der Waals surface area contributed by atoms with Crippen LogP contribution < -0.4 is 0 Å². The van der Waals surface area contributed by atoms with Gasteiger partial charge in [0.05, 0.1) is 0 Å². The predicted octanol–water partition coefficient (Wildman–Crippen LogP) is 3.82. The van der Waals surface area contributed by atoms with Crippen molar-refractivity contribution in [1.29, 1.82) is 0 Å². The molecule has 0 fully saturated rings. The van der Waals surface area contributed by atoms with Crippen molar-refractivity contribution < 1.29 is 0 Å². The second-order valence-corrected chi connectivity index (χ2v) is 4.73. The molecule has 0 N–H and O–H groups in total. The molecule has 2 aromatic carbocycles. The van der Waals surface area contributed by atoms with E-state index in [1.807, 2.05) is 0 Å². The van der Waals surface area contributed by atoms with E-state index in [2.05, 4.69) is 71.3 Å². The third-order valence-electron chi connectivity index (χ3n) is 3.39. The van der Waals surface area contributed by atoms with Gasteiger partial charge in [0.15, 0.2) is 5.82 Å². The van der Waals surface area contributed by atoms with Crippen molar-refractivity contribution >= 4 is 10.8 Å². The average molecular weight is 263 g/mol. The van der Waals surface area contributed by atoms with E-state index in [1.165, 1.54) is 10.8 Å². The van der Waals surface area contributed by atoms with Crippen molar-refractivity contribution in [3.05, 3.63) is 54.1 Å². The summed E-state index contributed by atoms with van der Waals surface area (Å²) in [4.78, 5) is 13.6. The van der Waals surface area contributed by atoms with Gasteiger partial charge in [-0.25, -0.2) is 15.0 Å². The zero-order valence-corrected chi connectivity index (χ0v) is 11.8. The van der Waals surface area contributed by atoms with Gasteiger partial charge in [0.2, 0.25) is 0 Å². The van der Waals surface area contributed by atoms with Gasteiger partial charge >= 0.3 is 0 Å². The maximum atomic E-state index is 4.60. The Morgan fingerprint density at radius 3 is 2.10 bits per heavy atom. The van der Waals surface area contributed by atoms with E-state index in [0.717, 1.165) is 35.9 Å². The summed E-state index contributed by atoms with van der Waals surface area (Å²) < 4.78 is 0. The van der Waals surface area contributed by atoms with Gasteiger partial charge in [-0.3, -0.25) is 0 Å². The lowest BCUT2D eigenvalue weighted by Gasteiger charge is -2.08. The fraction of sp³-hybridized carbons (Fsp3) is 0.235. The van der Waals surface area contributed by atoms with Crippen LogP contribution in [0.25, 0.3) is 22.2 Å². The molecule has 0 atom stereocenters. The van der Waals surface area contributed by atoms with Crippen LogP contribution in [0.2, 0.25) is 0 Å². The maximum Gasteiger partial charge on any atom is 0.163 e. The quantitative estimate of drug-likeness (QED) is 0.721. The summed E-state index contributed by atoms with van der Waals surface area (Å²) >= 11 is 0. The van der Waals surface area contributed by atoms with Gasteiger partial charge in [0.1, 0.15) is 11.6 Å². The Labute approximate surface area is 118 Å². The third-order valence-corrected chi connectivity index (χ3v) is 3.39. The van der Waals surface area contributed by atoms with Crippen LogP contribution in [0.15, 0.2) is 42.5 Å². The Bertz CT molecular complexity index is 723. The fourth-order valence-electron chi connectivity index (χ4n) is 2.33. The molecule has 3 rings (SSSR count). The minimum absolute atomic E-state index is 0.783. The lowest BCUT2D eigenvalue weighted by atomic mass is 10.0. The molecule has 20 heavy (non-hydrogen) atoms. The lowest BCUT2D eigenvalue weighted by molar-refractivity contribution is 0.832. The van der Waals surface area contributed by atoms with Gasteiger partial charge in [0.25, 0.3) is 0 Å². The molecule has 0 unspecified atom stereocenters. The van der Waals surface area contributed by atoms with Gasteiger partial charge in [0, 0.05) is 18.4 Å². The van der Waals surface area contributed by atoms with Crippen LogP contribution in [0.4, 0.5) is 0 Å². The molecule has 3 aromatic rings. The summed E-state index contributed by atoms with van der Waals surface area (Å²) in [6.07, 6.45) is 1.65. The van der Waals surface area contributed by atoms with E-state index in [9.17, 15) is 0 Å². The molecule has 0 aliphatic heterocycles. The highest BCUT2D eigenvalue weighted by atomic mass is 15.0. The first-order chi connectivity index (χ1) is 9.81. The Hall–Kier alpha value is -2.29. The molecule has 100 valence electrons. The highest BCUT2D eigenvalue weighted by Crippen LogP contribution is 2.26. The standard InChI is InChI=1S/C17H17N3/c1-3-15-18-16(4-2)20-17(19-15)14-11-7-9-12-8-5-6-10-13(12)14/h5-11H,3-4H2,1-2H3. The van der Waals surface area contributed by atoms with Gasteiger partial charge in [-0.05, 0) is 10.8 Å². The molecule has 3 nitrogen and oxygen atoms in total. The number of aromatic nitrogens is 3. The van der Waals surface area contributed by atoms with Crippen LogP contribution in [0.3, 0.4) is 0 Å². The first kappa shape index (κ1) is 12.7. The Morgan fingerprint density at radius 1 is 0.750 bits per heavy atom. The minimum atomic E-state index is 0.783. The highest BCUT2D eigenvalue weighted by molar-refractivity contribution is 5.94. The van der Waals surface area contributed by atoms with E-state index in [1.54, 1.807) is 0 Å². The van der Waals surface area contributed by atoms with Crippen molar-refractivity contribution in [3.8, 4) is 11.4 Å². The number of hydrogen-bond donors (Lipinski definition) is 0. The minimum Gasteiger partial charge on any atom is -0.218 e. The van der Waals surface area contributed by atoms with Crippen molar-refractivity contribution in [3.63, 3.8) is 0 Å². The highest BCUT2D eigenvalue weighted by Gasteiger charge is 2.09. The van der Waals surface area contributed by atoms with E-state index < -0.39 is 0 Å². The van der Waals surface area contributed by atoms with Gasteiger partial charge in [-0.1, -0.05) is 56.3 Å². The SMILES string of the molecule is CCc1nc(CC)nc(-c2cccc3ccccc23)n1. The Balaban J connectivity index is 2.25. The number of aryl methyl sites for hydroxylation is 2. The second-order valence-electron chi connectivity index (χ2n) is 4.73. The molecule has 0 saturated heterocycles. The molecule has 0 saturated carbocycles. The van der Waals surface area contributed by atoms with Gasteiger partial charge < -0.3 is 0 Å². The van der Waals surface area contributed by atoms with Crippen LogP contribution in [-0.2, 0) is 12.8 Å². The van der Waals surface area contributed by atoms with Gasteiger partial charge in [-0.2, -0.15) is 0 Å². The monoisotopic (exact) mass is 263 g/mol. The van der Waals surface area contributed by atoms with E-state index in [4.69, 9.17) is 0 Å². The Morgan fingerprint density at radius 2 is 1.40 bits per heavy atom. The number of benzene rings is 2. The van der Waals surface area contributed by atoms with Crippen LogP contribution in [-0.4, -0.2) is 15.0 Å². The molecule has 0 radical (unpaired) electrons. The first-order valence-electron chi connectivity index (χ1n) is 7.03. The van der Waals surface area contributed by atoms with Crippen molar-refractivity contribution in [2.75, 3.05) is 0 Å². The van der Waals surface area contributed by atoms with Crippen molar-refractivity contribution in [2.45, 2.75) is 26.7 Å². The predicted molar refractivity (Wildman–Crippen MR) is 81.5 cm³/mol. The van der Waals surface area contributed by atoms with Crippen molar-refractivity contribution in [1.82, 2.24) is 15.0 Å². The zero-order valence-electron chi connectivity index (χ0n) is 11.8. The summed E-state index contributed by atoms with van der Waals surface area (Å²) in [6, 6.07) is 14.6. The molecule has 1 aromatic heterocycles. The number of nitrogens with zero attached hydrogens (tertiary/aromatic N) is 3. The molecule has 0 amide bonds. The summed E-state index contributed by atoms with van der Waals surface area (Å²) in [5.74, 6) is 2.50. The fourth-order valence-corrected chi connectivity index (χ4v) is 2.33. The number of rotatable bonds is 3. The van der Waals surface area contributed by atoms with Gasteiger partial charge in [-0.15, -0.1) is 0 Å². The maximum absolute atomic E-state index is 4.60. The summed E-state index contributed by atoms with van der Waals surface area (Å²) in [7, 11) is 0. The van der Waals surface area contributed by atoms with Crippen LogP contribution in [0.1, 0.15) is 25.5 Å². The number of fused-ring (bicyclic) bond motifs is 1.